The average Bonchev–Trinajstić information content (AvgIpc) is 3.01. The normalized spacial score (nSPS) is 20.4. The van der Waals surface area contributed by atoms with Crippen LogP contribution in [0.15, 0.2) is 0 Å². The summed E-state index contributed by atoms with van der Waals surface area (Å²) in [5, 5.41) is 21.5. The van der Waals surface area contributed by atoms with Gasteiger partial charge in [-0.15, -0.1) is 23.5 Å². The maximum absolute atomic E-state index is 12.3. The van der Waals surface area contributed by atoms with Crippen LogP contribution in [-0.4, -0.2) is 64.2 Å². The zero-order valence-electron chi connectivity index (χ0n) is 27.8. The highest BCUT2D eigenvalue weighted by Crippen LogP contribution is 2.44. The molecule has 4 atom stereocenters. The third-order valence-electron chi connectivity index (χ3n) is 9.66. The number of fused-ring (bicyclic) bond motifs is 2. The van der Waals surface area contributed by atoms with E-state index in [4.69, 9.17) is 18.9 Å². The number of benzene rings is 2. The number of ether oxygens (including phenoxy) is 4. The second kappa shape index (κ2) is 15.2. The van der Waals surface area contributed by atoms with E-state index >= 15 is 0 Å². The summed E-state index contributed by atoms with van der Waals surface area (Å²) in [7, 11) is 0. The number of hydrogen-bond acceptors (Lipinski definition) is 10. The van der Waals surface area contributed by atoms with E-state index < -0.39 is 0 Å². The first-order chi connectivity index (χ1) is 21.3. The molecule has 248 valence electrons. The molecule has 0 fully saturated rings. The van der Waals surface area contributed by atoms with Gasteiger partial charge in [0, 0.05) is 28.0 Å². The van der Waals surface area contributed by atoms with Gasteiger partial charge in [0.25, 0.3) is 0 Å². The summed E-state index contributed by atoms with van der Waals surface area (Å²) in [4.78, 5) is 24.6. The lowest BCUT2D eigenvalue weighted by molar-refractivity contribution is -0.141. The van der Waals surface area contributed by atoms with Gasteiger partial charge in [-0.2, -0.15) is 0 Å². The number of esters is 2. The molecule has 0 radical (unpaired) electrons. The second-order valence-electron chi connectivity index (χ2n) is 12.5. The number of phenolic OH excluding ortho intramolecular Hbond substituents is 2. The smallest absolute Gasteiger partial charge is 0.315 e. The van der Waals surface area contributed by atoms with E-state index in [9.17, 15) is 19.8 Å². The minimum atomic E-state index is -0.271. The average molecular weight is 661 g/mol. The van der Waals surface area contributed by atoms with Gasteiger partial charge in [-0.05, 0) is 114 Å². The molecule has 2 N–H and O–H groups in total. The van der Waals surface area contributed by atoms with Crippen LogP contribution in [0.2, 0.25) is 0 Å². The molecule has 0 saturated heterocycles. The first-order valence-electron chi connectivity index (χ1n) is 15.7. The number of carbonyl (C=O) groups excluding carboxylic acids is 2. The molecule has 0 aliphatic carbocycles. The number of carbonyl (C=O) groups is 2. The van der Waals surface area contributed by atoms with Crippen molar-refractivity contribution in [2.24, 2.45) is 11.8 Å². The standard InChI is InChI=1S/C35H48O8S2/c1-18-20(3)34-28(22(5)32(18)38)13-26(24(7)42-34)9-11-40-30(36)15-44-17-45-16-31(37)41-12-10-27-14-29-23(6)33(39)19(2)21(4)35(29)43-25(27)8/h24-27,38-39H,9-17H2,1-8H3. The molecular formula is C35H48O8S2. The van der Waals surface area contributed by atoms with Crippen LogP contribution in [0.4, 0.5) is 0 Å². The van der Waals surface area contributed by atoms with E-state index in [0.29, 0.717) is 42.6 Å². The van der Waals surface area contributed by atoms with Gasteiger partial charge in [-0.25, -0.2) is 0 Å². The van der Waals surface area contributed by atoms with E-state index in [1.54, 1.807) is 0 Å². The van der Waals surface area contributed by atoms with E-state index in [0.717, 1.165) is 68.8 Å². The molecule has 2 aliphatic heterocycles. The van der Waals surface area contributed by atoms with Gasteiger partial charge in [0.1, 0.15) is 23.0 Å². The van der Waals surface area contributed by atoms with Gasteiger partial charge >= 0.3 is 11.9 Å². The predicted octanol–water partition coefficient (Wildman–Crippen LogP) is 6.82. The third kappa shape index (κ3) is 7.99. The van der Waals surface area contributed by atoms with Gasteiger partial charge in [0.15, 0.2) is 0 Å². The van der Waals surface area contributed by atoms with Crippen LogP contribution in [0.25, 0.3) is 0 Å². The zero-order valence-corrected chi connectivity index (χ0v) is 29.5. The summed E-state index contributed by atoms with van der Waals surface area (Å²) in [6.07, 6.45) is 2.91. The summed E-state index contributed by atoms with van der Waals surface area (Å²) < 4.78 is 23.4. The van der Waals surface area contributed by atoms with E-state index in [-0.39, 0.29) is 47.5 Å². The van der Waals surface area contributed by atoms with Crippen molar-refractivity contribution in [1.82, 2.24) is 0 Å². The minimum absolute atomic E-state index is 0.00726. The van der Waals surface area contributed by atoms with Crippen molar-refractivity contribution in [2.45, 2.75) is 93.3 Å². The van der Waals surface area contributed by atoms with E-state index in [2.05, 4.69) is 0 Å². The van der Waals surface area contributed by atoms with Crippen LogP contribution < -0.4 is 9.47 Å². The Bertz CT molecular complexity index is 1320. The maximum Gasteiger partial charge on any atom is 0.315 e. The molecule has 2 aliphatic rings. The van der Waals surface area contributed by atoms with Crippen molar-refractivity contribution in [3.8, 4) is 23.0 Å². The number of hydrogen-bond donors (Lipinski definition) is 2. The van der Waals surface area contributed by atoms with E-state index in [1.165, 1.54) is 23.5 Å². The molecule has 2 heterocycles. The van der Waals surface area contributed by atoms with Crippen LogP contribution in [-0.2, 0) is 31.9 Å². The Hall–Kier alpha value is -2.72. The lowest BCUT2D eigenvalue weighted by atomic mass is 9.84. The molecule has 0 amide bonds. The fourth-order valence-corrected chi connectivity index (χ4v) is 7.92. The summed E-state index contributed by atoms with van der Waals surface area (Å²) in [5.41, 5.74) is 7.48. The van der Waals surface area contributed by atoms with Crippen molar-refractivity contribution >= 4 is 35.5 Å². The molecule has 45 heavy (non-hydrogen) atoms. The lowest BCUT2D eigenvalue weighted by Gasteiger charge is -2.34. The Kier molecular flexibility index (Phi) is 11.9. The van der Waals surface area contributed by atoms with Gasteiger partial charge in [-0.1, -0.05) is 0 Å². The Morgan fingerprint density at radius 2 is 1.04 bits per heavy atom. The van der Waals surface area contributed by atoms with Crippen molar-refractivity contribution in [1.29, 1.82) is 0 Å². The Morgan fingerprint density at radius 3 is 1.42 bits per heavy atom. The summed E-state index contributed by atoms with van der Waals surface area (Å²) >= 11 is 2.85. The third-order valence-corrected chi connectivity index (χ3v) is 11.9. The molecule has 4 unspecified atom stereocenters. The molecule has 8 nitrogen and oxygen atoms in total. The number of aromatic hydroxyl groups is 2. The molecule has 0 saturated carbocycles. The monoisotopic (exact) mass is 660 g/mol. The molecule has 4 rings (SSSR count). The predicted molar refractivity (Wildman–Crippen MR) is 180 cm³/mol. The fourth-order valence-electron chi connectivity index (χ4n) is 6.28. The highest BCUT2D eigenvalue weighted by atomic mass is 32.2. The quantitative estimate of drug-likeness (QED) is 0.143. The largest absolute Gasteiger partial charge is 0.507 e. The first-order valence-corrected chi connectivity index (χ1v) is 18.1. The molecule has 0 aromatic heterocycles. The topological polar surface area (TPSA) is 112 Å². The van der Waals surface area contributed by atoms with Crippen LogP contribution in [0.3, 0.4) is 0 Å². The maximum atomic E-state index is 12.3. The van der Waals surface area contributed by atoms with Crippen LogP contribution in [0.1, 0.15) is 71.2 Å². The number of rotatable bonds is 12. The van der Waals surface area contributed by atoms with E-state index in [1.807, 2.05) is 55.4 Å². The number of phenols is 2. The van der Waals surface area contributed by atoms with Crippen LogP contribution in [0.5, 0.6) is 23.0 Å². The SMILES string of the molecule is Cc1c(C)c2c(c(C)c1O)CC(CCOC(=O)CSCSCC(=O)OCCC1Cc3c(C)c(O)c(C)c(C)c3OC1C)C(C)O2. The molecule has 0 bridgehead atoms. The highest BCUT2D eigenvalue weighted by Gasteiger charge is 2.32. The van der Waals surface area contributed by atoms with Crippen molar-refractivity contribution in [2.75, 3.05) is 29.8 Å². The van der Waals surface area contributed by atoms with Gasteiger partial charge in [0.05, 0.1) is 36.9 Å². The Morgan fingerprint density at radius 1 is 0.667 bits per heavy atom. The van der Waals surface area contributed by atoms with Crippen LogP contribution in [0, 0.1) is 53.4 Å². The first kappa shape index (κ1) is 35.1. The molecule has 10 heteroatoms. The van der Waals surface area contributed by atoms with Gasteiger partial charge in [-0.3, -0.25) is 9.59 Å². The van der Waals surface area contributed by atoms with Crippen LogP contribution >= 0.6 is 23.5 Å². The highest BCUT2D eigenvalue weighted by molar-refractivity contribution is 8.16. The Labute approximate surface area is 275 Å². The van der Waals surface area contributed by atoms with Gasteiger partial charge in [0.2, 0.25) is 0 Å². The lowest BCUT2D eigenvalue weighted by Crippen LogP contribution is -2.32. The summed E-state index contributed by atoms with van der Waals surface area (Å²) in [5.74, 6) is 2.70. The molecule has 2 aromatic carbocycles. The molecule has 2 aromatic rings. The second-order valence-corrected chi connectivity index (χ2v) is 14.8. The number of thioether (sulfide) groups is 2. The van der Waals surface area contributed by atoms with Gasteiger partial charge < -0.3 is 29.2 Å². The molecule has 0 spiro atoms. The minimum Gasteiger partial charge on any atom is -0.507 e. The zero-order chi connectivity index (χ0) is 33.0. The van der Waals surface area contributed by atoms with Crippen molar-refractivity contribution < 1.29 is 38.7 Å². The molecular weight excluding hydrogens is 613 g/mol. The fraction of sp³-hybridized carbons (Fsp3) is 0.600. The summed E-state index contributed by atoms with van der Waals surface area (Å²) in [6.45, 7) is 16.3. The summed E-state index contributed by atoms with van der Waals surface area (Å²) in [6, 6.07) is 0. The van der Waals surface area contributed by atoms with Crippen molar-refractivity contribution in [3.63, 3.8) is 0 Å². The Balaban J connectivity index is 1.09. The van der Waals surface area contributed by atoms with Crippen molar-refractivity contribution in [3.05, 3.63) is 44.5 Å².